The van der Waals surface area contributed by atoms with E-state index in [0.717, 1.165) is 11.1 Å². The third-order valence-corrected chi connectivity index (χ3v) is 4.41. The van der Waals surface area contributed by atoms with Gasteiger partial charge in [0.2, 0.25) is 0 Å². The molecule has 0 spiro atoms. The Kier molecular flexibility index (Phi) is 6.87. The van der Waals surface area contributed by atoms with Crippen molar-refractivity contribution in [2.45, 2.75) is 26.9 Å². The van der Waals surface area contributed by atoms with Gasteiger partial charge in [0, 0.05) is 12.1 Å². The molecule has 1 atom stereocenters. The number of hydrogen-bond acceptors (Lipinski definition) is 6. The summed E-state index contributed by atoms with van der Waals surface area (Å²) in [5.41, 5.74) is 2.42. The zero-order chi connectivity index (χ0) is 20.8. The highest BCUT2D eigenvalue weighted by atomic mass is 16.5. The molecule has 1 amide bonds. The van der Waals surface area contributed by atoms with Crippen LogP contribution in [0.25, 0.3) is 0 Å². The number of carbonyl (C=O) groups is 2. The summed E-state index contributed by atoms with van der Waals surface area (Å²) in [6, 6.07) is 8.61. The minimum Gasteiger partial charge on any atom is -0.493 e. The van der Waals surface area contributed by atoms with Crippen molar-refractivity contribution in [2.75, 3.05) is 26.6 Å². The molecule has 2 rings (SSSR count). The van der Waals surface area contributed by atoms with Crippen LogP contribution in [0.4, 0.5) is 5.69 Å². The first-order valence-corrected chi connectivity index (χ1v) is 8.70. The highest BCUT2D eigenvalue weighted by Crippen LogP contribution is 2.34. The van der Waals surface area contributed by atoms with Crippen molar-refractivity contribution in [1.29, 1.82) is 0 Å². The molecule has 150 valence electrons. The van der Waals surface area contributed by atoms with E-state index in [1.807, 2.05) is 32.0 Å². The fourth-order valence-corrected chi connectivity index (χ4v) is 2.59. The van der Waals surface area contributed by atoms with Crippen LogP contribution in [-0.4, -0.2) is 39.3 Å². The van der Waals surface area contributed by atoms with Gasteiger partial charge in [-0.25, -0.2) is 4.79 Å². The van der Waals surface area contributed by atoms with Gasteiger partial charge in [-0.15, -0.1) is 0 Å². The van der Waals surface area contributed by atoms with E-state index < -0.39 is 18.0 Å². The second-order valence-corrected chi connectivity index (χ2v) is 6.19. The van der Waals surface area contributed by atoms with Crippen LogP contribution in [-0.2, 0) is 9.53 Å². The molecular formula is C21H25NO6. The molecule has 2 aromatic carbocycles. The molecule has 0 bridgehead atoms. The third kappa shape index (κ3) is 4.54. The lowest BCUT2D eigenvalue weighted by molar-refractivity contribution is -0.122. The van der Waals surface area contributed by atoms with E-state index in [0.29, 0.717) is 17.2 Å². The van der Waals surface area contributed by atoms with Crippen LogP contribution >= 0.6 is 0 Å². The van der Waals surface area contributed by atoms with Crippen LogP contribution in [0.3, 0.4) is 0 Å². The predicted octanol–water partition coefficient (Wildman–Crippen LogP) is 3.51. The molecule has 0 aromatic heterocycles. The molecule has 0 aliphatic heterocycles. The number of aryl methyl sites for hydroxylation is 1. The molecule has 2 aromatic rings. The second kappa shape index (κ2) is 9.12. The van der Waals surface area contributed by atoms with E-state index in [1.165, 1.54) is 33.5 Å². The highest BCUT2D eigenvalue weighted by Gasteiger charge is 2.22. The second-order valence-electron chi connectivity index (χ2n) is 6.19. The van der Waals surface area contributed by atoms with Gasteiger partial charge < -0.3 is 24.3 Å². The van der Waals surface area contributed by atoms with E-state index in [4.69, 9.17) is 18.9 Å². The van der Waals surface area contributed by atoms with Gasteiger partial charge >= 0.3 is 5.97 Å². The Balaban J connectivity index is 2.28. The average Bonchev–Trinajstić information content (AvgIpc) is 2.70. The summed E-state index contributed by atoms with van der Waals surface area (Å²) in [4.78, 5) is 24.8. The number of ether oxygens (including phenoxy) is 4. The van der Waals surface area contributed by atoms with Crippen LogP contribution in [0, 0.1) is 13.8 Å². The number of carbonyl (C=O) groups excluding carboxylic acids is 2. The Morgan fingerprint density at radius 2 is 1.61 bits per heavy atom. The predicted molar refractivity (Wildman–Crippen MR) is 106 cm³/mol. The molecule has 0 fully saturated rings. The van der Waals surface area contributed by atoms with Crippen molar-refractivity contribution in [3.8, 4) is 17.2 Å². The minimum absolute atomic E-state index is 0.146. The SMILES string of the molecule is COC(=O)c1cc(OC)c(OC)cc1NC(=O)[C@@H](C)Oc1cccc(C)c1C. The van der Waals surface area contributed by atoms with E-state index in [1.54, 1.807) is 6.92 Å². The number of benzene rings is 2. The van der Waals surface area contributed by atoms with Crippen molar-refractivity contribution in [3.63, 3.8) is 0 Å². The quantitative estimate of drug-likeness (QED) is 0.732. The molecule has 0 saturated heterocycles. The smallest absolute Gasteiger partial charge is 0.340 e. The lowest BCUT2D eigenvalue weighted by atomic mass is 10.1. The maximum absolute atomic E-state index is 12.7. The summed E-state index contributed by atoms with van der Waals surface area (Å²) in [6.07, 6.45) is -0.793. The van der Waals surface area contributed by atoms with Gasteiger partial charge in [-0.05, 0) is 38.0 Å². The first-order chi connectivity index (χ1) is 13.3. The number of hydrogen-bond donors (Lipinski definition) is 1. The largest absolute Gasteiger partial charge is 0.493 e. The maximum Gasteiger partial charge on any atom is 0.340 e. The number of esters is 1. The monoisotopic (exact) mass is 387 g/mol. The zero-order valence-electron chi connectivity index (χ0n) is 16.9. The molecule has 7 nitrogen and oxygen atoms in total. The highest BCUT2D eigenvalue weighted by molar-refractivity contribution is 6.03. The van der Waals surface area contributed by atoms with Crippen molar-refractivity contribution in [2.24, 2.45) is 0 Å². The summed E-state index contributed by atoms with van der Waals surface area (Å²) in [5, 5.41) is 2.71. The normalized spacial score (nSPS) is 11.4. The third-order valence-electron chi connectivity index (χ3n) is 4.41. The molecule has 7 heteroatoms. The van der Waals surface area contributed by atoms with Gasteiger partial charge in [0.1, 0.15) is 5.75 Å². The van der Waals surface area contributed by atoms with E-state index in [9.17, 15) is 9.59 Å². The Labute approximate surface area is 164 Å². The number of anilines is 1. The number of methoxy groups -OCH3 is 3. The van der Waals surface area contributed by atoms with Gasteiger partial charge in [0.15, 0.2) is 17.6 Å². The summed E-state index contributed by atoms with van der Waals surface area (Å²) in [6.45, 7) is 5.54. The summed E-state index contributed by atoms with van der Waals surface area (Å²) in [5.74, 6) is 0.315. The lowest BCUT2D eigenvalue weighted by Gasteiger charge is -2.19. The summed E-state index contributed by atoms with van der Waals surface area (Å²) < 4.78 is 21.1. The molecule has 0 aliphatic carbocycles. The van der Waals surface area contributed by atoms with E-state index in [2.05, 4.69) is 5.32 Å². The number of amides is 1. The Morgan fingerprint density at radius 1 is 0.964 bits per heavy atom. The molecule has 0 saturated carbocycles. The molecule has 0 aliphatic rings. The first kappa shape index (κ1) is 21.1. The number of rotatable bonds is 7. The van der Waals surface area contributed by atoms with Crippen LogP contribution < -0.4 is 19.5 Å². The van der Waals surface area contributed by atoms with Crippen molar-refractivity contribution in [3.05, 3.63) is 47.0 Å². The molecule has 1 N–H and O–H groups in total. The topological polar surface area (TPSA) is 83.1 Å². The van der Waals surface area contributed by atoms with Crippen molar-refractivity contribution >= 4 is 17.6 Å². The van der Waals surface area contributed by atoms with E-state index in [-0.39, 0.29) is 11.3 Å². The summed E-state index contributed by atoms with van der Waals surface area (Å²) >= 11 is 0. The first-order valence-electron chi connectivity index (χ1n) is 8.70. The standard InChI is InChI=1S/C21H25NO6/c1-12-8-7-9-17(13(12)2)28-14(3)20(23)22-16-11-19(26-5)18(25-4)10-15(16)21(24)27-6/h7-11,14H,1-6H3,(H,22,23)/t14-/m1/s1. The molecule has 0 unspecified atom stereocenters. The average molecular weight is 387 g/mol. The van der Waals surface area contributed by atoms with Gasteiger partial charge in [0.25, 0.3) is 5.91 Å². The van der Waals surface area contributed by atoms with Crippen LogP contribution in [0.5, 0.6) is 17.2 Å². The van der Waals surface area contributed by atoms with Gasteiger partial charge in [0.05, 0.1) is 32.6 Å². The Morgan fingerprint density at radius 3 is 2.21 bits per heavy atom. The maximum atomic E-state index is 12.7. The van der Waals surface area contributed by atoms with Gasteiger partial charge in [-0.2, -0.15) is 0 Å². The van der Waals surface area contributed by atoms with Gasteiger partial charge in [-0.3, -0.25) is 4.79 Å². The van der Waals surface area contributed by atoms with Crippen LogP contribution in [0.15, 0.2) is 30.3 Å². The van der Waals surface area contributed by atoms with Crippen LogP contribution in [0.2, 0.25) is 0 Å². The number of nitrogens with one attached hydrogen (secondary N) is 1. The fraction of sp³-hybridized carbons (Fsp3) is 0.333. The Bertz CT molecular complexity index is 877. The van der Waals surface area contributed by atoms with E-state index >= 15 is 0 Å². The Hall–Kier alpha value is -3.22. The summed E-state index contributed by atoms with van der Waals surface area (Å²) in [7, 11) is 4.18. The molecule has 28 heavy (non-hydrogen) atoms. The van der Waals surface area contributed by atoms with Crippen molar-refractivity contribution < 1.29 is 28.5 Å². The molecular weight excluding hydrogens is 362 g/mol. The lowest BCUT2D eigenvalue weighted by Crippen LogP contribution is -2.31. The van der Waals surface area contributed by atoms with Crippen molar-refractivity contribution in [1.82, 2.24) is 0 Å². The fourth-order valence-electron chi connectivity index (χ4n) is 2.59. The minimum atomic E-state index is -0.793. The zero-order valence-corrected chi connectivity index (χ0v) is 16.9. The molecule has 0 radical (unpaired) electrons. The molecule has 0 heterocycles. The van der Waals surface area contributed by atoms with Crippen LogP contribution in [0.1, 0.15) is 28.4 Å². The van der Waals surface area contributed by atoms with Gasteiger partial charge in [-0.1, -0.05) is 12.1 Å².